The molecule has 0 bridgehead atoms. The molecule has 146 valence electrons. The molecule has 1 N–H and O–H groups in total. The average molecular weight is 371 g/mol. The van der Waals surface area contributed by atoms with Gasteiger partial charge in [0.25, 0.3) is 5.91 Å². The van der Waals surface area contributed by atoms with E-state index >= 15 is 0 Å². The number of aryl methyl sites for hydroxylation is 1. The number of rotatable bonds is 2. The zero-order valence-corrected chi connectivity index (χ0v) is 16.1. The summed E-state index contributed by atoms with van der Waals surface area (Å²) in [7, 11) is 0. The molecule has 1 aromatic rings. The van der Waals surface area contributed by atoms with Crippen molar-refractivity contribution < 1.29 is 14.3 Å². The number of urea groups is 1. The second-order valence-electron chi connectivity index (χ2n) is 8.15. The number of amides is 3. The Hall–Kier alpha value is -2.08. The summed E-state index contributed by atoms with van der Waals surface area (Å²) in [5.41, 5.74) is 1.96. The Balaban J connectivity index is 1.23. The van der Waals surface area contributed by atoms with Crippen LogP contribution < -0.4 is 5.32 Å². The lowest BCUT2D eigenvalue weighted by Crippen LogP contribution is -2.56. The SMILES string of the molecule is Cc1ccc(C(=O)N2CCC(NC(=O)N3CCC4(CCO4)CC3)CC2)cc1. The van der Waals surface area contributed by atoms with Gasteiger partial charge < -0.3 is 19.9 Å². The first kappa shape index (κ1) is 18.3. The van der Waals surface area contributed by atoms with Crippen LogP contribution in [0.5, 0.6) is 0 Å². The van der Waals surface area contributed by atoms with Crippen LogP contribution in [-0.4, -0.2) is 66.2 Å². The second-order valence-corrected chi connectivity index (χ2v) is 8.15. The quantitative estimate of drug-likeness (QED) is 0.869. The van der Waals surface area contributed by atoms with Gasteiger partial charge >= 0.3 is 6.03 Å². The Morgan fingerprint density at radius 3 is 2.19 bits per heavy atom. The average Bonchev–Trinajstić information content (AvgIpc) is 2.67. The number of benzene rings is 1. The smallest absolute Gasteiger partial charge is 0.317 e. The summed E-state index contributed by atoms with van der Waals surface area (Å²) < 4.78 is 5.72. The van der Waals surface area contributed by atoms with Crippen LogP contribution in [0.15, 0.2) is 24.3 Å². The highest BCUT2D eigenvalue weighted by molar-refractivity contribution is 5.94. The maximum atomic E-state index is 12.6. The number of piperidine rings is 2. The van der Waals surface area contributed by atoms with E-state index in [4.69, 9.17) is 4.74 Å². The van der Waals surface area contributed by atoms with E-state index in [1.54, 1.807) is 0 Å². The van der Waals surface area contributed by atoms with E-state index in [1.807, 2.05) is 41.0 Å². The second kappa shape index (κ2) is 7.50. The van der Waals surface area contributed by atoms with Crippen LogP contribution in [0.1, 0.15) is 48.0 Å². The Morgan fingerprint density at radius 1 is 1.00 bits per heavy atom. The topological polar surface area (TPSA) is 61.9 Å². The summed E-state index contributed by atoms with van der Waals surface area (Å²) in [5.74, 6) is 0.0848. The summed E-state index contributed by atoms with van der Waals surface area (Å²) in [6.45, 7) is 5.81. The lowest BCUT2D eigenvalue weighted by molar-refractivity contribution is -0.169. The minimum absolute atomic E-state index is 0.0347. The van der Waals surface area contributed by atoms with Gasteiger partial charge in [-0.25, -0.2) is 4.79 Å². The third-order valence-corrected chi connectivity index (χ3v) is 6.34. The van der Waals surface area contributed by atoms with Gasteiger partial charge in [0.1, 0.15) is 0 Å². The molecule has 3 fully saturated rings. The summed E-state index contributed by atoms with van der Waals surface area (Å²) >= 11 is 0. The molecule has 1 spiro atoms. The van der Waals surface area contributed by atoms with Gasteiger partial charge in [-0.3, -0.25) is 4.79 Å². The van der Waals surface area contributed by atoms with Gasteiger partial charge in [0.05, 0.1) is 12.2 Å². The van der Waals surface area contributed by atoms with Crippen molar-refractivity contribution in [3.63, 3.8) is 0 Å². The highest BCUT2D eigenvalue weighted by Gasteiger charge is 2.42. The lowest BCUT2D eigenvalue weighted by Gasteiger charge is -2.47. The van der Waals surface area contributed by atoms with Crippen LogP contribution >= 0.6 is 0 Å². The first-order valence-electron chi connectivity index (χ1n) is 10.1. The Bertz CT molecular complexity index is 681. The minimum Gasteiger partial charge on any atom is -0.375 e. The summed E-state index contributed by atoms with van der Waals surface area (Å²) in [6.07, 6.45) is 4.65. The molecular weight excluding hydrogens is 342 g/mol. The van der Waals surface area contributed by atoms with Crippen LogP contribution in [0.2, 0.25) is 0 Å². The molecule has 3 heterocycles. The van der Waals surface area contributed by atoms with Crippen LogP contribution in [-0.2, 0) is 4.74 Å². The van der Waals surface area contributed by atoms with Gasteiger partial charge in [0.2, 0.25) is 0 Å². The molecule has 0 radical (unpaired) electrons. The number of carbonyl (C=O) groups is 2. The van der Waals surface area contributed by atoms with E-state index in [2.05, 4.69) is 5.32 Å². The molecule has 6 nitrogen and oxygen atoms in total. The van der Waals surface area contributed by atoms with Crippen molar-refractivity contribution in [3.05, 3.63) is 35.4 Å². The first-order valence-corrected chi connectivity index (χ1v) is 10.1. The van der Waals surface area contributed by atoms with Gasteiger partial charge in [0, 0.05) is 37.8 Å². The number of hydrogen-bond donors (Lipinski definition) is 1. The van der Waals surface area contributed by atoms with Gasteiger partial charge in [-0.2, -0.15) is 0 Å². The predicted octanol–water partition coefficient (Wildman–Crippen LogP) is 2.56. The zero-order valence-electron chi connectivity index (χ0n) is 16.1. The number of nitrogens with zero attached hydrogens (tertiary/aromatic N) is 2. The highest BCUT2D eigenvalue weighted by Crippen LogP contribution is 2.36. The van der Waals surface area contributed by atoms with E-state index in [0.717, 1.165) is 62.9 Å². The van der Waals surface area contributed by atoms with Crippen molar-refractivity contribution >= 4 is 11.9 Å². The lowest BCUT2D eigenvalue weighted by atomic mass is 9.84. The van der Waals surface area contributed by atoms with E-state index in [9.17, 15) is 9.59 Å². The highest BCUT2D eigenvalue weighted by atomic mass is 16.5. The van der Waals surface area contributed by atoms with Gasteiger partial charge in [-0.05, 0) is 51.2 Å². The number of carbonyl (C=O) groups excluding carboxylic acids is 2. The van der Waals surface area contributed by atoms with Gasteiger partial charge in [0.15, 0.2) is 0 Å². The Morgan fingerprint density at radius 2 is 1.63 bits per heavy atom. The summed E-state index contributed by atoms with van der Waals surface area (Å²) in [4.78, 5) is 29.0. The normalized spacial score (nSPS) is 22.4. The molecule has 0 atom stereocenters. The fraction of sp³-hybridized carbons (Fsp3) is 0.619. The van der Waals surface area contributed by atoms with Crippen LogP contribution in [0, 0.1) is 6.92 Å². The van der Waals surface area contributed by atoms with Crippen LogP contribution in [0.4, 0.5) is 4.79 Å². The number of ether oxygens (including phenoxy) is 1. The predicted molar refractivity (Wildman–Crippen MR) is 103 cm³/mol. The maximum Gasteiger partial charge on any atom is 0.317 e. The molecule has 1 aromatic carbocycles. The van der Waals surface area contributed by atoms with Gasteiger partial charge in [-0.1, -0.05) is 17.7 Å². The van der Waals surface area contributed by atoms with Crippen molar-refractivity contribution in [2.75, 3.05) is 32.8 Å². The molecule has 0 aromatic heterocycles. The van der Waals surface area contributed by atoms with E-state index < -0.39 is 0 Å². The molecule has 3 aliphatic heterocycles. The largest absolute Gasteiger partial charge is 0.375 e. The van der Waals surface area contributed by atoms with Crippen LogP contribution in [0.25, 0.3) is 0 Å². The molecule has 3 amide bonds. The molecule has 4 rings (SSSR count). The molecule has 6 heteroatoms. The van der Waals surface area contributed by atoms with E-state index in [-0.39, 0.29) is 23.6 Å². The van der Waals surface area contributed by atoms with Crippen molar-refractivity contribution in [2.24, 2.45) is 0 Å². The fourth-order valence-corrected chi connectivity index (χ4v) is 4.27. The number of nitrogens with one attached hydrogen (secondary N) is 1. The Kier molecular flexibility index (Phi) is 5.08. The maximum absolute atomic E-state index is 12.6. The molecule has 0 saturated carbocycles. The van der Waals surface area contributed by atoms with Crippen molar-refractivity contribution in [1.82, 2.24) is 15.1 Å². The molecule has 3 saturated heterocycles. The summed E-state index contributed by atoms with van der Waals surface area (Å²) in [5, 5.41) is 3.17. The van der Waals surface area contributed by atoms with Crippen molar-refractivity contribution in [1.29, 1.82) is 0 Å². The molecular formula is C21H29N3O3. The van der Waals surface area contributed by atoms with Gasteiger partial charge in [-0.15, -0.1) is 0 Å². The van der Waals surface area contributed by atoms with Crippen molar-refractivity contribution in [2.45, 2.75) is 50.7 Å². The fourth-order valence-electron chi connectivity index (χ4n) is 4.27. The first-order chi connectivity index (χ1) is 13.0. The van der Waals surface area contributed by atoms with Crippen molar-refractivity contribution in [3.8, 4) is 0 Å². The minimum atomic E-state index is 0.0347. The monoisotopic (exact) mass is 371 g/mol. The third kappa shape index (κ3) is 3.95. The number of hydrogen-bond acceptors (Lipinski definition) is 3. The third-order valence-electron chi connectivity index (χ3n) is 6.34. The van der Waals surface area contributed by atoms with Crippen LogP contribution in [0.3, 0.4) is 0 Å². The molecule has 0 aliphatic carbocycles. The van der Waals surface area contributed by atoms with E-state index in [0.29, 0.717) is 13.1 Å². The summed E-state index contributed by atoms with van der Waals surface area (Å²) in [6, 6.07) is 7.90. The molecule has 0 unspecified atom stereocenters. The number of likely N-dealkylation sites (tertiary alicyclic amines) is 2. The zero-order chi connectivity index (χ0) is 18.9. The molecule has 27 heavy (non-hydrogen) atoms. The van der Waals surface area contributed by atoms with E-state index in [1.165, 1.54) is 0 Å². The standard InChI is InChI=1S/C21H29N3O3/c1-16-2-4-17(5-3-16)19(25)23-11-6-18(7-12-23)22-20(26)24-13-8-21(9-14-24)10-15-27-21/h2-5,18H,6-15H2,1H3,(H,22,26). The molecule has 3 aliphatic rings. The Labute approximate surface area is 160 Å².